The average molecular weight is 156 g/mol. The van der Waals surface area contributed by atoms with Crippen LogP contribution < -0.4 is 0 Å². The molecular weight excluding hydrogens is 136 g/mol. The number of aliphatic hydroxyl groups is 1. The Hall–Kier alpha value is -0.0400. The zero-order valence-electron chi connectivity index (χ0n) is 7.71. The molecule has 0 unspecified atom stereocenters. The van der Waals surface area contributed by atoms with Crippen LogP contribution >= 0.6 is 0 Å². The van der Waals surface area contributed by atoms with Crippen molar-refractivity contribution in [2.24, 2.45) is 11.8 Å². The van der Waals surface area contributed by atoms with Gasteiger partial charge >= 0.3 is 0 Å². The highest BCUT2D eigenvalue weighted by atomic mass is 16.3. The molecule has 1 N–H and O–H groups in total. The van der Waals surface area contributed by atoms with E-state index in [0.717, 1.165) is 12.3 Å². The molecule has 1 nitrogen and oxygen atoms in total. The molecule has 0 aromatic heterocycles. The van der Waals surface area contributed by atoms with Crippen molar-refractivity contribution in [2.75, 3.05) is 0 Å². The molecule has 1 rings (SSSR count). The van der Waals surface area contributed by atoms with Gasteiger partial charge in [-0.25, -0.2) is 0 Å². The van der Waals surface area contributed by atoms with Gasteiger partial charge in [0, 0.05) is 0 Å². The van der Waals surface area contributed by atoms with Gasteiger partial charge in [0.1, 0.15) is 0 Å². The maximum atomic E-state index is 9.57. The lowest BCUT2D eigenvalue weighted by molar-refractivity contribution is 0.0510. The van der Waals surface area contributed by atoms with Gasteiger partial charge in [0.2, 0.25) is 0 Å². The van der Waals surface area contributed by atoms with E-state index in [9.17, 15) is 5.11 Å². The van der Waals surface area contributed by atoms with Gasteiger partial charge in [0.15, 0.2) is 0 Å². The number of hydrogen-bond acceptors (Lipinski definition) is 1. The van der Waals surface area contributed by atoms with E-state index >= 15 is 0 Å². The van der Waals surface area contributed by atoms with Gasteiger partial charge in [-0.1, -0.05) is 33.1 Å². The first-order valence-electron chi connectivity index (χ1n) is 4.92. The zero-order valence-corrected chi connectivity index (χ0v) is 7.71. The summed E-state index contributed by atoms with van der Waals surface area (Å²) in [6.07, 6.45) is 6.18. The summed E-state index contributed by atoms with van der Waals surface area (Å²) in [6, 6.07) is 0. The van der Waals surface area contributed by atoms with Crippen LogP contribution in [0.3, 0.4) is 0 Å². The first kappa shape index (κ1) is 9.05. The monoisotopic (exact) mass is 156 g/mol. The Morgan fingerprint density at radius 3 is 2.64 bits per heavy atom. The lowest BCUT2D eigenvalue weighted by atomic mass is 9.79. The van der Waals surface area contributed by atoms with Gasteiger partial charge in [-0.15, -0.1) is 0 Å². The second kappa shape index (κ2) is 4.10. The fraction of sp³-hybridized carbons (Fsp3) is 1.00. The van der Waals surface area contributed by atoms with Crippen LogP contribution in [0.25, 0.3) is 0 Å². The van der Waals surface area contributed by atoms with E-state index < -0.39 is 0 Å². The minimum Gasteiger partial charge on any atom is -0.393 e. The van der Waals surface area contributed by atoms with E-state index in [1.807, 2.05) is 0 Å². The van der Waals surface area contributed by atoms with Crippen molar-refractivity contribution in [1.29, 1.82) is 0 Å². The van der Waals surface area contributed by atoms with Crippen molar-refractivity contribution in [3.8, 4) is 0 Å². The molecule has 66 valence electrons. The smallest absolute Gasteiger partial charge is 0.0568 e. The fourth-order valence-corrected chi connectivity index (χ4v) is 2.05. The van der Waals surface area contributed by atoms with Crippen molar-refractivity contribution < 1.29 is 5.11 Å². The Morgan fingerprint density at radius 2 is 2.09 bits per heavy atom. The van der Waals surface area contributed by atoms with E-state index in [-0.39, 0.29) is 6.10 Å². The quantitative estimate of drug-likeness (QED) is 0.651. The lowest BCUT2D eigenvalue weighted by Crippen LogP contribution is -2.27. The molecule has 1 fully saturated rings. The van der Waals surface area contributed by atoms with Gasteiger partial charge in [0.25, 0.3) is 0 Å². The summed E-state index contributed by atoms with van der Waals surface area (Å²) < 4.78 is 0. The summed E-state index contributed by atoms with van der Waals surface area (Å²) in [5.41, 5.74) is 0. The molecule has 0 saturated heterocycles. The molecule has 0 heterocycles. The molecule has 1 saturated carbocycles. The Balaban J connectivity index is 2.28. The number of hydrogen-bond donors (Lipinski definition) is 1. The molecule has 1 heteroatoms. The van der Waals surface area contributed by atoms with Crippen molar-refractivity contribution >= 4 is 0 Å². The van der Waals surface area contributed by atoms with Crippen molar-refractivity contribution in [3.63, 3.8) is 0 Å². The van der Waals surface area contributed by atoms with Gasteiger partial charge in [-0.05, 0) is 24.7 Å². The molecule has 0 spiro atoms. The Labute approximate surface area is 69.8 Å². The standard InChI is InChI=1S/C10H20O/c1-3-4-9-6-5-8(2)10(11)7-9/h8-11H,3-7H2,1-2H3/t8-,9+,10+/m0/s1. The number of aliphatic hydroxyl groups excluding tert-OH is 1. The van der Waals surface area contributed by atoms with Crippen LogP contribution in [0.4, 0.5) is 0 Å². The largest absolute Gasteiger partial charge is 0.393 e. The van der Waals surface area contributed by atoms with E-state index in [2.05, 4.69) is 13.8 Å². The molecular formula is C10H20O. The molecule has 1 aliphatic carbocycles. The summed E-state index contributed by atoms with van der Waals surface area (Å²) in [7, 11) is 0. The van der Waals surface area contributed by atoms with Crippen LogP contribution in [-0.4, -0.2) is 11.2 Å². The van der Waals surface area contributed by atoms with Crippen molar-refractivity contribution in [3.05, 3.63) is 0 Å². The van der Waals surface area contributed by atoms with E-state index in [4.69, 9.17) is 0 Å². The van der Waals surface area contributed by atoms with Gasteiger partial charge < -0.3 is 5.11 Å². The van der Waals surface area contributed by atoms with Crippen LogP contribution in [0.15, 0.2) is 0 Å². The summed E-state index contributed by atoms with van der Waals surface area (Å²) in [5, 5.41) is 9.57. The van der Waals surface area contributed by atoms with Crippen LogP contribution in [0.1, 0.15) is 46.0 Å². The SMILES string of the molecule is CCC[C@@H]1CC[C@H](C)[C@H](O)C1. The molecule has 0 bridgehead atoms. The highest BCUT2D eigenvalue weighted by molar-refractivity contribution is 4.76. The summed E-state index contributed by atoms with van der Waals surface area (Å²) in [6.45, 7) is 4.39. The Kier molecular flexibility index (Phi) is 3.38. The van der Waals surface area contributed by atoms with Crippen LogP contribution in [-0.2, 0) is 0 Å². The topological polar surface area (TPSA) is 20.2 Å². The molecule has 1 aliphatic rings. The lowest BCUT2D eigenvalue weighted by Gasteiger charge is -2.30. The first-order chi connectivity index (χ1) is 5.24. The Morgan fingerprint density at radius 1 is 1.36 bits per heavy atom. The maximum Gasteiger partial charge on any atom is 0.0568 e. The normalized spacial score (nSPS) is 39.0. The molecule has 0 aromatic carbocycles. The Bertz CT molecular complexity index is 111. The van der Waals surface area contributed by atoms with E-state index in [0.29, 0.717) is 5.92 Å². The summed E-state index contributed by atoms with van der Waals surface area (Å²) >= 11 is 0. The second-order valence-corrected chi connectivity index (χ2v) is 4.01. The van der Waals surface area contributed by atoms with Crippen LogP contribution in [0, 0.1) is 11.8 Å². The molecule has 3 atom stereocenters. The van der Waals surface area contributed by atoms with Crippen molar-refractivity contribution in [2.45, 2.75) is 52.1 Å². The highest BCUT2D eigenvalue weighted by Crippen LogP contribution is 2.31. The molecule has 0 radical (unpaired) electrons. The van der Waals surface area contributed by atoms with Crippen LogP contribution in [0.2, 0.25) is 0 Å². The van der Waals surface area contributed by atoms with Gasteiger partial charge in [-0.3, -0.25) is 0 Å². The molecule has 0 aliphatic heterocycles. The van der Waals surface area contributed by atoms with E-state index in [1.54, 1.807) is 0 Å². The third kappa shape index (κ3) is 2.48. The molecule has 0 amide bonds. The first-order valence-corrected chi connectivity index (χ1v) is 4.92. The minimum atomic E-state index is -0.0136. The van der Waals surface area contributed by atoms with Crippen LogP contribution in [0.5, 0.6) is 0 Å². The average Bonchev–Trinajstić information content (AvgIpc) is 1.98. The van der Waals surface area contributed by atoms with Gasteiger partial charge in [-0.2, -0.15) is 0 Å². The van der Waals surface area contributed by atoms with E-state index in [1.165, 1.54) is 25.7 Å². The number of rotatable bonds is 2. The third-order valence-corrected chi connectivity index (χ3v) is 2.96. The second-order valence-electron chi connectivity index (χ2n) is 4.01. The molecule has 11 heavy (non-hydrogen) atoms. The third-order valence-electron chi connectivity index (χ3n) is 2.96. The predicted octanol–water partition coefficient (Wildman–Crippen LogP) is 2.58. The van der Waals surface area contributed by atoms with Gasteiger partial charge in [0.05, 0.1) is 6.10 Å². The van der Waals surface area contributed by atoms with Crippen molar-refractivity contribution in [1.82, 2.24) is 0 Å². The predicted molar refractivity (Wildman–Crippen MR) is 47.4 cm³/mol. The summed E-state index contributed by atoms with van der Waals surface area (Å²) in [4.78, 5) is 0. The maximum absolute atomic E-state index is 9.57. The molecule has 0 aromatic rings. The highest BCUT2D eigenvalue weighted by Gasteiger charge is 2.24. The zero-order chi connectivity index (χ0) is 8.27. The fourth-order valence-electron chi connectivity index (χ4n) is 2.05. The summed E-state index contributed by atoms with van der Waals surface area (Å²) in [5.74, 6) is 1.36. The minimum absolute atomic E-state index is 0.0136.